The van der Waals surface area contributed by atoms with E-state index in [9.17, 15) is 4.79 Å². The van der Waals surface area contributed by atoms with Gasteiger partial charge in [-0.1, -0.05) is 67.4 Å². The van der Waals surface area contributed by atoms with Crippen LogP contribution in [0, 0.1) is 12.3 Å². The molecule has 0 atom stereocenters. The van der Waals surface area contributed by atoms with Crippen molar-refractivity contribution in [2.24, 2.45) is 4.99 Å². The molecule has 1 amide bonds. The van der Waals surface area contributed by atoms with E-state index in [2.05, 4.69) is 36.0 Å². The lowest BCUT2D eigenvalue weighted by molar-refractivity contribution is 0.0998. The zero-order valence-electron chi connectivity index (χ0n) is 17.5. The van der Waals surface area contributed by atoms with Gasteiger partial charge in [0.1, 0.15) is 5.75 Å². The first kappa shape index (κ1) is 20.9. The third-order valence-corrected chi connectivity index (χ3v) is 6.27. The molecule has 4 rings (SSSR count). The van der Waals surface area contributed by atoms with Crippen LogP contribution in [0.3, 0.4) is 0 Å². The summed E-state index contributed by atoms with van der Waals surface area (Å²) >= 11 is 1.49. The molecule has 0 unspecified atom stereocenters. The minimum absolute atomic E-state index is 0.292. The summed E-state index contributed by atoms with van der Waals surface area (Å²) in [5, 5.41) is 2.28. The number of aromatic nitrogens is 1. The van der Waals surface area contributed by atoms with Crippen molar-refractivity contribution in [2.75, 3.05) is 6.61 Å². The average molecular weight is 429 g/mol. The lowest BCUT2D eigenvalue weighted by Gasteiger charge is -2.05. The van der Waals surface area contributed by atoms with Crippen molar-refractivity contribution >= 4 is 38.2 Å². The summed E-state index contributed by atoms with van der Waals surface area (Å²) < 4.78 is 8.73. The molecule has 0 aliphatic carbocycles. The lowest BCUT2D eigenvalue weighted by Crippen LogP contribution is -2.16. The van der Waals surface area contributed by atoms with Crippen molar-refractivity contribution in [3.05, 3.63) is 71.0 Å². The second-order valence-electron chi connectivity index (χ2n) is 7.31. The fourth-order valence-electron chi connectivity index (χ4n) is 3.52. The SMILES string of the molecule is C#CCn1c(=NC(=O)c2ccc(OCCCCC)cc2)sc2c3ccccc3ccc21. The molecule has 4 aromatic rings. The standard InChI is InChI=1S/C26H24N2O2S/c1-3-5-8-18-30-21-14-11-20(12-15-21)25(29)27-26-28(17-4-2)23-16-13-19-9-6-7-10-22(19)24(23)31-26/h2,6-7,9-16H,3,5,8,17-18H2,1H3. The highest BCUT2D eigenvalue weighted by Crippen LogP contribution is 2.27. The molecule has 156 valence electrons. The van der Waals surface area contributed by atoms with Gasteiger partial charge in [-0.2, -0.15) is 4.99 Å². The second kappa shape index (κ2) is 9.63. The molecule has 0 aliphatic rings. The first-order valence-corrected chi connectivity index (χ1v) is 11.3. The van der Waals surface area contributed by atoms with Gasteiger partial charge >= 0.3 is 0 Å². The maximum atomic E-state index is 12.9. The molecule has 0 radical (unpaired) electrons. The first-order valence-electron chi connectivity index (χ1n) is 10.5. The Bertz CT molecular complexity index is 1320. The van der Waals surface area contributed by atoms with Crippen molar-refractivity contribution in [1.29, 1.82) is 0 Å². The molecule has 1 heterocycles. The number of carbonyl (C=O) groups excluding carboxylic acids is 1. The Morgan fingerprint density at radius 1 is 1.10 bits per heavy atom. The van der Waals surface area contributed by atoms with E-state index in [0.29, 0.717) is 23.5 Å². The van der Waals surface area contributed by atoms with Gasteiger partial charge in [-0.25, -0.2) is 0 Å². The number of carbonyl (C=O) groups is 1. The maximum Gasteiger partial charge on any atom is 0.279 e. The Morgan fingerprint density at radius 3 is 2.68 bits per heavy atom. The van der Waals surface area contributed by atoms with E-state index in [1.165, 1.54) is 11.3 Å². The first-order chi connectivity index (χ1) is 15.2. The number of hydrogen-bond donors (Lipinski definition) is 0. The number of unbranched alkanes of at least 4 members (excludes halogenated alkanes) is 2. The van der Waals surface area contributed by atoms with E-state index in [4.69, 9.17) is 11.2 Å². The largest absolute Gasteiger partial charge is 0.494 e. The van der Waals surface area contributed by atoms with Crippen molar-refractivity contribution in [3.63, 3.8) is 0 Å². The molecular formula is C26H24N2O2S. The summed E-state index contributed by atoms with van der Waals surface area (Å²) in [5.41, 5.74) is 1.51. The predicted molar refractivity (Wildman–Crippen MR) is 128 cm³/mol. The lowest BCUT2D eigenvalue weighted by atomic mass is 10.1. The number of nitrogens with zero attached hydrogens (tertiary/aromatic N) is 2. The van der Waals surface area contributed by atoms with Crippen LogP contribution in [-0.2, 0) is 6.54 Å². The molecule has 4 nitrogen and oxygen atoms in total. The molecule has 0 N–H and O–H groups in total. The van der Waals surface area contributed by atoms with Gasteiger partial charge in [0.2, 0.25) is 0 Å². The Labute approximate surface area is 185 Å². The van der Waals surface area contributed by atoms with Crippen molar-refractivity contribution < 1.29 is 9.53 Å². The van der Waals surface area contributed by atoms with Crippen LogP contribution in [0.15, 0.2) is 65.7 Å². The molecule has 3 aromatic carbocycles. The van der Waals surface area contributed by atoms with Gasteiger partial charge < -0.3 is 9.30 Å². The molecule has 0 saturated carbocycles. The minimum Gasteiger partial charge on any atom is -0.494 e. The molecule has 5 heteroatoms. The van der Waals surface area contributed by atoms with Gasteiger partial charge in [-0.05, 0) is 42.1 Å². The topological polar surface area (TPSA) is 43.6 Å². The average Bonchev–Trinajstić information content (AvgIpc) is 3.15. The molecule has 0 aliphatic heterocycles. The molecule has 0 fully saturated rings. The van der Waals surface area contributed by atoms with Crippen LogP contribution in [0.4, 0.5) is 0 Å². The normalized spacial score (nSPS) is 11.7. The smallest absolute Gasteiger partial charge is 0.279 e. The molecule has 31 heavy (non-hydrogen) atoms. The monoisotopic (exact) mass is 428 g/mol. The third-order valence-electron chi connectivity index (χ3n) is 5.14. The number of terminal acetylenes is 1. The van der Waals surface area contributed by atoms with Gasteiger partial charge in [0.25, 0.3) is 5.91 Å². The van der Waals surface area contributed by atoms with Crippen LogP contribution in [0.25, 0.3) is 21.0 Å². The molecule has 0 saturated heterocycles. The van der Waals surface area contributed by atoms with E-state index in [1.807, 2.05) is 34.9 Å². The van der Waals surface area contributed by atoms with Crippen LogP contribution < -0.4 is 9.54 Å². The van der Waals surface area contributed by atoms with Crippen LogP contribution >= 0.6 is 11.3 Å². The van der Waals surface area contributed by atoms with Crippen LogP contribution in [0.1, 0.15) is 36.5 Å². The minimum atomic E-state index is -0.292. The van der Waals surface area contributed by atoms with E-state index >= 15 is 0 Å². The fourth-order valence-corrected chi connectivity index (χ4v) is 4.68. The quantitative estimate of drug-likeness (QED) is 0.276. The summed E-state index contributed by atoms with van der Waals surface area (Å²) in [6, 6.07) is 19.5. The van der Waals surface area contributed by atoms with Crippen molar-refractivity contribution in [3.8, 4) is 18.1 Å². The zero-order chi connectivity index (χ0) is 21.6. The summed E-state index contributed by atoms with van der Waals surface area (Å²) in [4.78, 5) is 17.9. The fraction of sp³-hybridized carbons (Fsp3) is 0.231. The number of hydrogen-bond acceptors (Lipinski definition) is 3. The van der Waals surface area contributed by atoms with Crippen molar-refractivity contribution in [2.45, 2.75) is 32.7 Å². The molecular weight excluding hydrogens is 404 g/mol. The Morgan fingerprint density at radius 2 is 1.90 bits per heavy atom. The van der Waals surface area contributed by atoms with Crippen LogP contribution in [-0.4, -0.2) is 17.1 Å². The third kappa shape index (κ3) is 4.55. The van der Waals surface area contributed by atoms with Crippen molar-refractivity contribution in [1.82, 2.24) is 4.57 Å². The summed E-state index contributed by atoms with van der Waals surface area (Å²) in [6.07, 6.45) is 8.94. The zero-order valence-corrected chi connectivity index (χ0v) is 18.3. The van der Waals surface area contributed by atoms with Gasteiger partial charge in [0.05, 0.1) is 23.4 Å². The van der Waals surface area contributed by atoms with Gasteiger partial charge in [-0.3, -0.25) is 4.79 Å². The van der Waals surface area contributed by atoms with E-state index in [0.717, 1.165) is 46.0 Å². The Balaban J connectivity index is 1.66. The maximum absolute atomic E-state index is 12.9. The molecule has 0 spiro atoms. The van der Waals surface area contributed by atoms with E-state index < -0.39 is 0 Å². The Kier molecular flexibility index (Phi) is 6.49. The summed E-state index contributed by atoms with van der Waals surface area (Å²) in [7, 11) is 0. The predicted octanol–water partition coefficient (Wildman–Crippen LogP) is 5.80. The molecule has 0 bridgehead atoms. The molecule has 1 aromatic heterocycles. The highest BCUT2D eigenvalue weighted by atomic mass is 32.1. The number of ether oxygens (including phenoxy) is 1. The van der Waals surface area contributed by atoms with Crippen LogP contribution in [0.2, 0.25) is 0 Å². The van der Waals surface area contributed by atoms with Gasteiger partial charge in [0.15, 0.2) is 4.80 Å². The number of fused-ring (bicyclic) bond motifs is 3. The Hall–Kier alpha value is -3.36. The second-order valence-corrected chi connectivity index (χ2v) is 8.28. The van der Waals surface area contributed by atoms with Gasteiger partial charge in [-0.15, -0.1) is 6.42 Å². The van der Waals surface area contributed by atoms with E-state index in [-0.39, 0.29) is 5.91 Å². The number of benzene rings is 3. The highest BCUT2D eigenvalue weighted by Gasteiger charge is 2.11. The number of thiazole rings is 1. The summed E-state index contributed by atoms with van der Waals surface area (Å²) in [6.45, 7) is 3.21. The number of amides is 1. The summed E-state index contributed by atoms with van der Waals surface area (Å²) in [5.74, 6) is 3.16. The van der Waals surface area contributed by atoms with E-state index in [1.54, 1.807) is 12.1 Å². The number of rotatable bonds is 7. The van der Waals surface area contributed by atoms with Gasteiger partial charge in [0, 0.05) is 10.9 Å². The van der Waals surface area contributed by atoms with Crippen LogP contribution in [0.5, 0.6) is 5.75 Å². The highest BCUT2D eigenvalue weighted by molar-refractivity contribution is 7.17.